The third-order valence-electron chi connectivity index (χ3n) is 7.27. The Hall–Kier alpha value is -3.45. The standard InChI is InChI=1S/C29H35N5O2/c1-28(2,3)36-27(35)33-29(15-7-16-29)22-12-10-20(11-13-22)24-23(19-8-5-4-6-9-19)18-21-14-17-31-26(34-30)25(21)32-24/h4-6,8,10-14,17-19,21,25H,7,9,15-16,30H2,1-3H3,(H,31,34)(H,33,35). The molecule has 0 bridgehead atoms. The Morgan fingerprint density at radius 3 is 2.53 bits per heavy atom. The molecule has 1 amide bonds. The van der Waals surface area contributed by atoms with Crippen molar-refractivity contribution in [2.24, 2.45) is 27.7 Å². The molecule has 0 radical (unpaired) electrons. The van der Waals surface area contributed by atoms with Gasteiger partial charge in [0.25, 0.3) is 0 Å². The lowest BCUT2D eigenvalue weighted by molar-refractivity contribution is 0.0377. The molecule has 7 heteroatoms. The smallest absolute Gasteiger partial charge is 0.408 e. The molecule has 3 atom stereocenters. The lowest BCUT2D eigenvalue weighted by Gasteiger charge is -2.43. The number of nitrogens with zero attached hydrogens (tertiary/aromatic N) is 2. The van der Waals surface area contributed by atoms with Gasteiger partial charge in [-0.05, 0) is 63.2 Å². The summed E-state index contributed by atoms with van der Waals surface area (Å²) in [6.45, 7) is 5.64. The largest absolute Gasteiger partial charge is 0.444 e. The predicted molar refractivity (Wildman–Crippen MR) is 144 cm³/mol. The molecule has 2 aliphatic heterocycles. The summed E-state index contributed by atoms with van der Waals surface area (Å²) in [6.07, 6.45) is 18.3. The highest BCUT2D eigenvalue weighted by Crippen LogP contribution is 2.42. The summed E-state index contributed by atoms with van der Waals surface area (Å²) in [5.41, 5.74) is 6.14. The molecule has 0 spiro atoms. The molecule has 36 heavy (non-hydrogen) atoms. The van der Waals surface area contributed by atoms with E-state index in [0.717, 1.165) is 42.5 Å². The van der Waals surface area contributed by atoms with Crippen LogP contribution in [0.5, 0.6) is 0 Å². The van der Waals surface area contributed by atoms with E-state index in [-0.39, 0.29) is 29.5 Å². The Labute approximate surface area is 213 Å². The third kappa shape index (κ3) is 4.80. The fraction of sp³-hybridized carbons (Fsp3) is 0.414. The minimum atomic E-state index is -0.532. The molecule has 0 saturated heterocycles. The van der Waals surface area contributed by atoms with Crippen molar-refractivity contribution in [3.05, 3.63) is 83.6 Å². The van der Waals surface area contributed by atoms with Gasteiger partial charge >= 0.3 is 6.09 Å². The molecule has 4 aliphatic rings. The molecular weight excluding hydrogens is 450 g/mol. The van der Waals surface area contributed by atoms with Crippen LogP contribution >= 0.6 is 0 Å². The van der Waals surface area contributed by atoms with E-state index in [9.17, 15) is 4.79 Å². The van der Waals surface area contributed by atoms with E-state index in [2.05, 4.69) is 76.5 Å². The van der Waals surface area contributed by atoms with Crippen LogP contribution in [0.25, 0.3) is 0 Å². The number of hydrogen-bond donors (Lipinski definition) is 3. The number of carbonyl (C=O) groups is 1. The van der Waals surface area contributed by atoms with Crippen LogP contribution in [-0.4, -0.2) is 29.3 Å². The number of carbonyl (C=O) groups excluding carboxylic acids is 1. The Balaban J connectivity index is 1.44. The van der Waals surface area contributed by atoms with Crippen molar-refractivity contribution in [2.45, 2.75) is 63.6 Å². The van der Waals surface area contributed by atoms with E-state index in [1.54, 1.807) is 6.20 Å². The van der Waals surface area contributed by atoms with Crippen LogP contribution < -0.4 is 16.6 Å². The highest BCUT2D eigenvalue weighted by atomic mass is 16.6. The van der Waals surface area contributed by atoms with E-state index in [1.807, 2.05) is 20.8 Å². The number of rotatable bonds is 4. The molecular formula is C29H35N5O2. The maximum atomic E-state index is 12.6. The van der Waals surface area contributed by atoms with E-state index < -0.39 is 5.60 Å². The molecule has 1 aromatic carbocycles. The first-order valence-electron chi connectivity index (χ1n) is 12.7. The number of allylic oxidation sites excluding steroid dienone is 5. The number of aliphatic imine (C=N–C) groups is 2. The van der Waals surface area contributed by atoms with E-state index in [4.69, 9.17) is 15.6 Å². The Morgan fingerprint density at radius 2 is 1.92 bits per heavy atom. The monoisotopic (exact) mass is 485 g/mol. The van der Waals surface area contributed by atoms with Gasteiger partial charge in [-0.1, -0.05) is 60.7 Å². The third-order valence-corrected chi connectivity index (χ3v) is 7.27. The number of fused-ring (bicyclic) bond motifs is 1. The second-order valence-electron chi connectivity index (χ2n) is 10.9. The number of amides is 1. The van der Waals surface area contributed by atoms with Crippen LogP contribution in [0.1, 0.15) is 57.6 Å². The lowest BCUT2D eigenvalue weighted by atomic mass is 9.71. The number of alkyl carbamates (subject to hydrolysis) is 1. The maximum Gasteiger partial charge on any atom is 0.408 e. The lowest BCUT2D eigenvalue weighted by Crippen LogP contribution is -2.52. The predicted octanol–water partition coefficient (Wildman–Crippen LogP) is 4.83. The summed E-state index contributed by atoms with van der Waals surface area (Å²) in [7, 11) is 0. The number of hydrazine groups is 1. The fourth-order valence-corrected chi connectivity index (χ4v) is 5.32. The van der Waals surface area contributed by atoms with Gasteiger partial charge in [0.2, 0.25) is 0 Å². The highest BCUT2D eigenvalue weighted by Gasteiger charge is 2.41. The Kier molecular flexibility index (Phi) is 6.43. The van der Waals surface area contributed by atoms with Gasteiger partial charge in [-0.2, -0.15) is 0 Å². The number of dihydropyridines is 1. The first-order chi connectivity index (χ1) is 17.3. The fourth-order valence-electron chi connectivity index (χ4n) is 5.32. The normalized spacial score (nSPS) is 26.1. The summed E-state index contributed by atoms with van der Waals surface area (Å²) in [5, 5.41) is 3.15. The number of hydrogen-bond acceptors (Lipinski definition) is 6. The summed E-state index contributed by atoms with van der Waals surface area (Å²) in [6, 6.07) is 8.30. The van der Waals surface area contributed by atoms with Crippen LogP contribution in [0.15, 0.2) is 82.5 Å². The second-order valence-corrected chi connectivity index (χ2v) is 10.9. The number of amidine groups is 1. The van der Waals surface area contributed by atoms with E-state index >= 15 is 0 Å². The zero-order valence-corrected chi connectivity index (χ0v) is 21.2. The van der Waals surface area contributed by atoms with Gasteiger partial charge in [0.15, 0.2) is 0 Å². The quantitative estimate of drug-likeness (QED) is 0.420. The maximum absolute atomic E-state index is 12.6. The van der Waals surface area contributed by atoms with Gasteiger partial charge in [0.05, 0.1) is 11.3 Å². The molecule has 188 valence electrons. The topological polar surface area (TPSA) is 101 Å². The molecule has 0 aromatic heterocycles. The molecule has 1 fully saturated rings. The Morgan fingerprint density at radius 1 is 1.14 bits per heavy atom. The summed E-state index contributed by atoms with van der Waals surface area (Å²) in [4.78, 5) is 22.1. The van der Waals surface area contributed by atoms with Crippen molar-refractivity contribution in [2.75, 3.05) is 0 Å². The zero-order valence-electron chi connectivity index (χ0n) is 21.2. The van der Waals surface area contributed by atoms with Gasteiger partial charge in [-0.15, -0.1) is 0 Å². The van der Waals surface area contributed by atoms with Gasteiger partial charge in [0.1, 0.15) is 17.5 Å². The van der Waals surface area contributed by atoms with Crippen LogP contribution in [0.4, 0.5) is 4.79 Å². The molecule has 4 N–H and O–H groups in total. The van der Waals surface area contributed by atoms with Crippen molar-refractivity contribution in [1.82, 2.24) is 10.7 Å². The van der Waals surface area contributed by atoms with Crippen molar-refractivity contribution in [3.8, 4) is 0 Å². The van der Waals surface area contributed by atoms with Crippen LogP contribution in [0, 0.1) is 11.8 Å². The summed E-state index contributed by atoms with van der Waals surface area (Å²) >= 11 is 0. The summed E-state index contributed by atoms with van der Waals surface area (Å²) in [5.74, 6) is 6.82. The number of nitrogens with two attached hydrogens (primary N) is 1. The molecule has 1 saturated carbocycles. The zero-order chi connectivity index (χ0) is 25.3. The molecule has 3 unspecified atom stereocenters. The van der Waals surface area contributed by atoms with Crippen LogP contribution in [0.3, 0.4) is 0 Å². The summed E-state index contributed by atoms with van der Waals surface area (Å²) < 4.78 is 5.54. The molecule has 1 aromatic rings. The number of ether oxygens (including phenoxy) is 1. The molecule has 2 aliphatic carbocycles. The van der Waals surface area contributed by atoms with Crippen molar-refractivity contribution in [1.29, 1.82) is 0 Å². The minimum absolute atomic E-state index is 0.113. The average molecular weight is 486 g/mol. The second kappa shape index (κ2) is 9.54. The van der Waals surface area contributed by atoms with Gasteiger partial charge < -0.3 is 15.5 Å². The van der Waals surface area contributed by atoms with Crippen LogP contribution in [0.2, 0.25) is 0 Å². The van der Waals surface area contributed by atoms with E-state index in [0.29, 0.717) is 5.84 Å². The average Bonchev–Trinajstić information content (AvgIpc) is 2.84. The van der Waals surface area contributed by atoms with Crippen molar-refractivity contribution < 1.29 is 9.53 Å². The number of nitrogens with one attached hydrogen (secondary N) is 2. The molecule has 5 rings (SSSR count). The molecule has 2 heterocycles. The minimum Gasteiger partial charge on any atom is -0.444 e. The Bertz CT molecular complexity index is 1190. The van der Waals surface area contributed by atoms with Gasteiger partial charge in [-0.25, -0.2) is 15.6 Å². The van der Waals surface area contributed by atoms with Crippen molar-refractivity contribution in [3.63, 3.8) is 0 Å². The van der Waals surface area contributed by atoms with Crippen molar-refractivity contribution >= 4 is 17.6 Å². The highest BCUT2D eigenvalue weighted by molar-refractivity contribution is 6.15. The van der Waals surface area contributed by atoms with Gasteiger partial charge in [0, 0.05) is 18.0 Å². The number of benzene rings is 1. The first kappa shape index (κ1) is 24.3. The molecule has 7 nitrogen and oxygen atoms in total. The first-order valence-corrected chi connectivity index (χ1v) is 12.7. The SMILES string of the molecule is CC(C)(C)OC(=O)NC1(c2ccc(C3=NC4C(NN)=NC=CC4C=C3C3C=CC=CC3)cc2)CCC1. The van der Waals surface area contributed by atoms with Crippen LogP contribution in [-0.2, 0) is 10.3 Å². The van der Waals surface area contributed by atoms with E-state index in [1.165, 1.54) is 5.57 Å². The van der Waals surface area contributed by atoms with Gasteiger partial charge in [-0.3, -0.25) is 4.99 Å².